The molecule has 15 heavy (non-hydrogen) atoms. The summed E-state index contributed by atoms with van der Waals surface area (Å²) in [5, 5.41) is 8.54. The molecule has 0 fully saturated rings. The molecule has 3 nitrogen and oxygen atoms in total. The van der Waals surface area contributed by atoms with E-state index in [0.717, 1.165) is 25.7 Å². The summed E-state index contributed by atoms with van der Waals surface area (Å²) in [6, 6.07) is 0. The van der Waals surface area contributed by atoms with Gasteiger partial charge in [-0.25, -0.2) is 4.79 Å². The number of thiol groups is 2. The summed E-state index contributed by atoms with van der Waals surface area (Å²) in [5.74, 6) is -0.364. The maximum atomic E-state index is 11.3. The van der Waals surface area contributed by atoms with Gasteiger partial charge in [0.25, 0.3) is 0 Å². The van der Waals surface area contributed by atoms with Crippen molar-refractivity contribution in [3.63, 3.8) is 0 Å². The SMILES string of the molecule is CC(C(=O)OCCCCCCO)=C(S)S. The van der Waals surface area contributed by atoms with Crippen LogP contribution in [0.25, 0.3) is 0 Å². The number of carbonyl (C=O) groups is 1. The lowest BCUT2D eigenvalue weighted by Crippen LogP contribution is -2.07. The van der Waals surface area contributed by atoms with Gasteiger partial charge in [-0.3, -0.25) is 0 Å². The average Bonchev–Trinajstić information content (AvgIpc) is 2.21. The van der Waals surface area contributed by atoms with Gasteiger partial charge in [0.15, 0.2) is 0 Å². The summed E-state index contributed by atoms with van der Waals surface area (Å²) in [7, 11) is 0. The third kappa shape index (κ3) is 7.76. The molecule has 0 aliphatic heterocycles. The van der Waals surface area contributed by atoms with Crippen LogP contribution in [0.15, 0.2) is 9.81 Å². The fraction of sp³-hybridized carbons (Fsp3) is 0.700. The van der Waals surface area contributed by atoms with Crippen molar-refractivity contribution in [3.05, 3.63) is 9.81 Å². The van der Waals surface area contributed by atoms with Crippen LogP contribution in [0.2, 0.25) is 0 Å². The fourth-order valence-electron chi connectivity index (χ4n) is 0.932. The molecule has 0 saturated heterocycles. The van der Waals surface area contributed by atoms with E-state index in [0.29, 0.717) is 16.4 Å². The van der Waals surface area contributed by atoms with Gasteiger partial charge in [-0.2, -0.15) is 0 Å². The molecule has 0 unspecified atom stereocenters. The third-order valence-electron chi connectivity index (χ3n) is 1.93. The zero-order chi connectivity index (χ0) is 11.7. The van der Waals surface area contributed by atoms with Crippen molar-refractivity contribution in [1.82, 2.24) is 0 Å². The predicted octanol–water partition coefficient (Wildman–Crippen LogP) is 2.17. The number of ether oxygens (including phenoxy) is 1. The number of esters is 1. The molecule has 88 valence electrons. The van der Waals surface area contributed by atoms with Gasteiger partial charge < -0.3 is 9.84 Å². The largest absolute Gasteiger partial charge is 0.462 e. The highest BCUT2D eigenvalue weighted by molar-refractivity contribution is 8.05. The normalized spacial score (nSPS) is 9.87. The number of rotatable bonds is 7. The van der Waals surface area contributed by atoms with Crippen LogP contribution in [0.3, 0.4) is 0 Å². The zero-order valence-electron chi connectivity index (χ0n) is 8.90. The molecule has 0 spiro atoms. The molecule has 0 aromatic rings. The fourth-order valence-corrected chi connectivity index (χ4v) is 1.11. The van der Waals surface area contributed by atoms with E-state index in [1.807, 2.05) is 0 Å². The van der Waals surface area contributed by atoms with Crippen molar-refractivity contribution in [3.8, 4) is 0 Å². The Morgan fingerprint density at radius 3 is 2.33 bits per heavy atom. The minimum Gasteiger partial charge on any atom is -0.462 e. The van der Waals surface area contributed by atoms with Crippen molar-refractivity contribution in [1.29, 1.82) is 0 Å². The standard InChI is InChI=1S/C10H18O3S2/c1-8(10(14)15)9(12)13-7-5-3-2-4-6-11/h11,14-15H,2-7H2,1H3. The van der Waals surface area contributed by atoms with Crippen LogP contribution < -0.4 is 0 Å². The van der Waals surface area contributed by atoms with Crippen LogP contribution in [-0.2, 0) is 9.53 Å². The Balaban J connectivity index is 3.52. The van der Waals surface area contributed by atoms with Crippen LogP contribution in [0.1, 0.15) is 32.6 Å². The zero-order valence-corrected chi connectivity index (χ0v) is 10.7. The van der Waals surface area contributed by atoms with Gasteiger partial charge >= 0.3 is 5.97 Å². The highest BCUT2D eigenvalue weighted by Crippen LogP contribution is 2.13. The first kappa shape index (κ1) is 14.9. The Morgan fingerprint density at radius 1 is 1.20 bits per heavy atom. The quantitative estimate of drug-likeness (QED) is 0.281. The van der Waals surface area contributed by atoms with E-state index in [1.54, 1.807) is 6.92 Å². The lowest BCUT2D eigenvalue weighted by atomic mass is 10.2. The third-order valence-corrected chi connectivity index (χ3v) is 2.60. The van der Waals surface area contributed by atoms with E-state index < -0.39 is 0 Å². The van der Waals surface area contributed by atoms with Gasteiger partial charge in [-0.05, 0) is 26.2 Å². The summed E-state index contributed by atoms with van der Waals surface area (Å²) in [6.07, 6.45) is 3.57. The van der Waals surface area contributed by atoms with Gasteiger partial charge in [0.1, 0.15) is 0 Å². The summed E-state index contributed by atoms with van der Waals surface area (Å²) >= 11 is 7.88. The van der Waals surface area contributed by atoms with Crippen LogP contribution >= 0.6 is 25.3 Å². The van der Waals surface area contributed by atoms with Crippen LogP contribution in [0.5, 0.6) is 0 Å². The van der Waals surface area contributed by atoms with Crippen molar-refractivity contribution in [2.75, 3.05) is 13.2 Å². The monoisotopic (exact) mass is 250 g/mol. The van der Waals surface area contributed by atoms with E-state index in [9.17, 15) is 4.79 Å². The first-order chi connectivity index (χ1) is 7.09. The number of hydrogen-bond acceptors (Lipinski definition) is 5. The summed E-state index contributed by atoms with van der Waals surface area (Å²) in [5.41, 5.74) is 0.428. The average molecular weight is 250 g/mol. The molecular formula is C10H18O3S2. The number of hydrogen-bond donors (Lipinski definition) is 3. The minimum absolute atomic E-state index is 0.226. The van der Waals surface area contributed by atoms with Gasteiger partial charge in [-0.15, -0.1) is 25.3 Å². The van der Waals surface area contributed by atoms with Gasteiger partial charge in [0, 0.05) is 10.8 Å². The topological polar surface area (TPSA) is 46.5 Å². The molecule has 0 radical (unpaired) electrons. The highest BCUT2D eigenvalue weighted by Gasteiger charge is 2.07. The molecule has 0 aromatic carbocycles. The first-order valence-corrected chi connectivity index (χ1v) is 5.85. The lowest BCUT2D eigenvalue weighted by molar-refractivity contribution is -0.139. The maximum absolute atomic E-state index is 11.3. The van der Waals surface area contributed by atoms with E-state index in [1.165, 1.54) is 0 Å². The van der Waals surface area contributed by atoms with E-state index in [-0.39, 0.29) is 12.6 Å². The molecule has 0 rings (SSSR count). The molecule has 5 heteroatoms. The second-order valence-electron chi connectivity index (χ2n) is 3.22. The van der Waals surface area contributed by atoms with Crippen LogP contribution in [0.4, 0.5) is 0 Å². The van der Waals surface area contributed by atoms with Gasteiger partial charge in [0.05, 0.1) is 12.2 Å². The molecule has 0 saturated carbocycles. The predicted molar refractivity (Wildman–Crippen MR) is 67.2 cm³/mol. The van der Waals surface area contributed by atoms with E-state index >= 15 is 0 Å². The van der Waals surface area contributed by atoms with Crippen molar-refractivity contribution < 1.29 is 14.6 Å². The number of aliphatic hydroxyl groups excluding tert-OH is 1. The molecular weight excluding hydrogens is 232 g/mol. The molecule has 0 aliphatic rings. The van der Waals surface area contributed by atoms with E-state index in [2.05, 4.69) is 25.3 Å². The molecule has 0 amide bonds. The summed E-state index contributed by atoms with van der Waals surface area (Å²) in [4.78, 5) is 11.3. The Kier molecular flexibility index (Phi) is 9.04. The van der Waals surface area contributed by atoms with Crippen molar-refractivity contribution >= 4 is 31.2 Å². The number of unbranched alkanes of at least 4 members (excludes halogenated alkanes) is 3. The molecule has 1 N–H and O–H groups in total. The van der Waals surface area contributed by atoms with Gasteiger partial charge in [0.2, 0.25) is 0 Å². The summed E-state index contributed by atoms with van der Waals surface area (Å²) < 4.78 is 5.38. The van der Waals surface area contributed by atoms with E-state index in [4.69, 9.17) is 9.84 Å². The Morgan fingerprint density at radius 2 is 1.80 bits per heavy atom. The molecule has 0 bridgehead atoms. The lowest BCUT2D eigenvalue weighted by Gasteiger charge is -2.05. The van der Waals surface area contributed by atoms with Gasteiger partial charge in [-0.1, -0.05) is 6.42 Å². The molecule has 0 heterocycles. The second kappa shape index (κ2) is 9.12. The number of aliphatic hydroxyl groups is 1. The van der Waals surface area contributed by atoms with Crippen molar-refractivity contribution in [2.24, 2.45) is 0 Å². The van der Waals surface area contributed by atoms with Crippen LogP contribution in [-0.4, -0.2) is 24.3 Å². The molecule has 0 aliphatic carbocycles. The maximum Gasteiger partial charge on any atom is 0.335 e. The molecule has 0 atom stereocenters. The first-order valence-electron chi connectivity index (χ1n) is 4.96. The Labute approximate surface area is 102 Å². The minimum atomic E-state index is -0.364. The highest BCUT2D eigenvalue weighted by atomic mass is 32.2. The Hall–Kier alpha value is -0.130. The molecule has 0 aromatic heterocycles. The van der Waals surface area contributed by atoms with Crippen molar-refractivity contribution in [2.45, 2.75) is 32.6 Å². The smallest absolute Gasteiger partial charge is 0.335 e. The number of carbonyl (C=O) groups excluding carboxylic acids is 1. The van der Waals surface area contributed by atoms with Crippen LogP contribution in [0, 0.1) is 0 Å². The summed E-state index contributed by atoms with van der Waals surface area (Å²) in [6.45, 7) is 2.27. The second-order valence-corrected chi connectivity index (χ2v) is 4.47. The Bertz CT molecular complexity index is 223.